The zero-order valence-electron chi connectivity index (χ0n) is 15.3. The fraction of sp³-hybridized carbons (Fsp3) is 0.632. The minimum Gasteiger partial charge on any atom is -0.493 e. The molecule has 0 spiro atoms. The molecule has 0 heterocycles. The van der Waals surface area contributed by atoms with Crippen LogP contribution < -0.4 is 9.47 Å². The Morgan fingerprint density at radius 2 is 1.92 bits per heavy atom. The van der Waals surface area contributed by atoms with E-state index in [-0.39, 0.29) is 18.2 Å². The number of amides is 1. The highest BCUT2D eigenvalue weighted by Crippen LogP contribution is 2.33. The Bertz CT molecular complexity index is 598. The van der Waals surface area contributed by atoms with E-state index in [9.17, 15) is 18.0 Å². The van der Waals surface area contributed by atoms with Gasteiger partial charge in [0.05, 0.1) is 13.2 Å². The number of methoxy groups -OCH3 is 1. The van der Waals surface area contributed by atoms with Crippen molar-refractivity contribution < 1.29 is 27.4 Å². The summed E-state index contributed by atoms with van der Waals surface area (Å²) in [5, 5.41) is 0. The summed E-state index contributed by atoms with van der Waals surface area (Å²) in [5.74, 6) is 0.235. The van der Waals surface area contributed by atoms with Crippen LogP contribution >= 0.6 is 0 Å². The standard InChI is InChI=1S/C19H26F3NO3/c1-3-4-11-23(13-19(20,21)22)18(24)14-9-10-16(17(12-14)25-2)26-15-7-5-6-8-15/h9-10,12,15H,3-8,11,13H2,1-2H3. The maximum absolute atomic E-state index is 12.8. The van der Waals surface area contributed by atoms with Crippen LogP contribution in [-0.2, 0) is 0 Å². The van der Waals surface area contributed by atoms with Crippen LogP contribution in [0.4, 0.5) is 13.2 Å². The number of hydrogen-bond acceptors (Lipinski definition) is 3. The lowest BCUT2D eigenvalue weighted by molar-refractivity contribution is -0.140. The molecule has 0 bridgehead atoms. The van der Waals surface area contributed by atoms with Crippen LogP contribution in [0.5, 0.6) is 11.5 Å². The van der Waals surface area contributed by atoms with Crippen molar-refractivity contribution in [1.82, 2.24) is 4.90 Å². The molecule has 0 atom stereocenters. The van der Waals surface area contributed by atoms with E-state index in [1.54, 1.807) is 6.07 Å². The molecule has 1 amide bonds. The van der Waals surface area contributed by atoms with E-state index in [1.165, 1.54) is 19.2 Å². The summed E-state index contributed by atoms with van der Waals surface area (Å²) in [6, 6.07) is 4.57. The summed E-state index contributed by atoms with van der Waals surface area (Å²) >= 11 is 0. The van der Waals surface area contributed by atoms with Crippen molar-refractivity contribution in [2.24, 2.45) is 0 Å². The highest BCUT2D eigenvalue weighted by Gasteiger charge is 2.33. The van der Waals surface area contributed by atoms with Gasteiger partial charge in [-0.05, 0) is 50.3 Å². The van der Waals surface area contributed by atoms with Gasteiger partial charge in [-0.15, -0.1) is 0 Å². The second-order valence-electron chi connectivity index (χ2n) is 6.59. The summed E-state index contributed by atoms with van der Waals surface area (Å²) in [6.45, 7) is 0.681. The summed E-state index contributed by atoms with van der Waals surface area (Å²) < 4.78 is 49.6. The van der Waals surface area contributed by atoms with E-state index in [1.807, 2.05) is 6.92 Å². The molecule has 1 aromatic rings. The zero-order valence-corrected chi connectivity index (χ0v) is 15.3. The van der Waals surface area contributed by atoms with E-state index >= 15 is 0 Å². The van der Waals surface area contributed by atoms with Crippen LogP contribution in [0.25, 0.3) is 0 Å². The van der Waals surface area contributed by atoms with Crippen LogP contribution in [0, 0.1) is 0 Å². The molecular formula is C19H26F3NO3. The largest absolute Gasteiger partial charge is 0.493 e. The van der Waals surface area contributed by atoms with Gasteiger partial charge in [0.2, 0.25) is 0 Å². The third-order valence-corrected chi connectivity index (χ3v) is 4.45. The highest BCUT2D eigenvalue weighted by atomic mass is 19.4. The fourth-order valence-corrected chi connectivity index (χ4v) is 3.08. The number of alkyl halides is 3. The van der Waals surface area contributed by atoms with Crippen molar-refractivity contribution in [2.45, 2.75) is 57.7 Å². The van der Waals surface area contributed by atoms with Crippen LogP contribution in [0.2, 0.25) is 0 Å². The Hall–Kier alpha value is -1.92. The third kappa shape index (κ3) is 5.81. The molecule has 0 aromatic heterocycles. The molecule has 1 fully saturated rings. The van der Waals surface area contributed by atoms with Gasteiger partial charge in [0.25, 0.3) is 5.91 Å². The molecule has 26 heavy (non-hydrogen) atoms. The molecule has 4 nitrogen and oxygen atoms in total. The number of carbonyl (C=O) groups excluding carboxylic acids is 1. The normalized spacial score (nSPS) is 15.1. The Kier molecular flexibility index (Phi) is 7.17. The Morgan fingerprint density at radius 3 is 2.50 bits per heavy atom. The molecule has 1 aliphatic rings. The number of carbonyl (C=O) groups is 1. The average molecular weight is 373 g/mol. The fourth-order valence-electron chi connectivity index (χ4n) is 3.08. The van der Waals surface area contributed by atoms with Gasteiger partial charge in [-0.25, -0.2) is 0 Å². The summed E-state index contributed by atoms with van der Waals surface area (Å²) in [7, 11) is 1.45. The number of ether oxygens (including phenoxy) is 2. The molecule has 1 aliphatic carbocycles. The van der Waals surface area contributed by atoms with Gasteiger partial charge in [0.1, 0.15) is 6.54 Å². The number of halogens is 3. The summed E-state index contributed by atoms with van der Waals surface area (Å²) in [5.41, 5.74) is 0.168. The lowest BCUT2D eigenvalue weighted by Gasteiger charge is -2.24. The molecule has 1 saturated carbocycles. The van der Waals surface area contributed by atoms with E-state index < -0.39 is 18.6 Å². The minimum atomic E-state index is -4.43. The number of nitrogens with zero attached hydrogens (tertiary/aromatic N) is 1. The van der Waals surface area contributed by atoms with Gasteiger partial charge in [0.15, 0.2) is 11.5 Å². The molecule has 0 aliphatic heterocycles. The molecule has 0 saturated heterocycles. The monoisotopic (exact) mass is 373 g/mol. The summed E-state index contributed by atoms with van der Waals surface area (Å²) in [6.07, 6.45) is 1.10. The summed E-state index contributed by atoms with van der Waals surface area (Å²) in [4.78, 5) is 13.4. The van der Waals surface area contributed by atoms with Gasteiger partial charge in [-0.3, -0.25) is 4.79 Å². The van der Waals surface area contributed by atoms with Gasteiger partial charge >= 0.3 is 6.18 Å². The molecule has 146 valence electrons. The van der Waals surface area contributed by atoms with Crippen molar-refractivity contribution in [1.29, 1.82) is 0 Å². The first-order chi connectivity index (χ1) is 12.3. The number of hydrogen-bond donors (Lipinski definition) is 0. The Balaban J connectivity index is 2.17. The molecule has 0 unspecified atom stereocenters. The quantitative estimate of drug-likeness (QED) is 0.656. The lowest BCUT2D eigenvalue weighted by atomic mass is 10.1. The van der Waals surface area contributed by atoms with Crippen molar-refractivity contribution in [3.05, 3.63) is 23.8 Å². The minimum absolute atomic E-state index is 0.0669. The number of rotatable bonds is 8. The third-order valence-electron chi connectivity index (χ3n) is 4.45. The molecular weight excluding hydrogens is 347 g/mol. The predicted molar refractivity (Wildman–Crippen MR) is 92.7 cm³/mol. The molecule has 1 aromatic carbocycles. The van der Waals surface area contributed by atoms with Crippen LogP contribution in [-0.4, -0.2) is 43.3 Å². The van der Waals surface area contributed by atoms with E-state index in [0.29, 0.717) is 24.3 Å². The van der Waals surface area contributed by atoms with Gasteiger partial charge in [-0.1, -0.05) is 13.3 Å². The van der Waals surface area contributed by atoms with Gasteiger partial charge < -0.3 is 14.4 Å². The van der Waals surface area contributed by atoms with Gasteiger partial charge in [-0.2, -0.15) is 13.2 Å². The number of benzene rings is 1. The van der Waals surface area contributed by atoms with Crippen molar-refractivity contribution >= 4 is 5.91 Å². The SMILES string of the molecule is CCCCN(CC(F)(F)F)C(=O)c1ccc(OC2CCCC2)c(OC)c1. The first kappa shape index (κ1) is 20.4. The zero-order chi connectivity index (χ0) is 19.2. The first-order valence-corrected chi connectivity index (χ1v) is 9.04. The second-order valence-corrected chi connectivity index (χ2v) is 6.59. The predicted octanol–water partition coefficient (Wildman–Crippen LogP) is 4.82. The van der Waals surface area contributed by atoms with Crippen molar-refractivity contribution in [2.75, 3.05) is 20.2 Å². The van der Waals surface area contributed by atoms with Gasteiger partial charge in [0, 0.05) is 12.1 Å². The Labute approximate surface area is 152 Å². The van der Waals surface area contributed by atoms with E-state index in [0.717, 1.165) is 30.6 Å². The molecule has 0 N–H and O–H groups in total. The van der Waals surface area contributed by atoms with Crippen molar-refractivity contribution in [3.63, 3.8) is 0 Å². The van der Waals surface area contributed by atoms with Crippen molar-refractivity contribution in [3.8, 4) is 11.5 Å². The molecule has 0 radical (unpaired) electrons. The highest BCUT2D eigenvalue weighted by molar-refractivity contribution is 5.95. The maximum Gasteiger partial charge on any atom is 0.406 e. The average Bonchev–Trinajstić information content (AvgIpc) is 3.10. The maximum atomic E-state index is 12.8. The molecule has 7 heteroatoms. The smallest absolute Gasteiger partial charge is 0.406 e. The second kappa shape index (κ2) is 9.14. The lowest BCUT2D eigenvalue weighted by Crippen LogP contribution is -2.39. The van der Waals surface area contributed by atoms with Crippen LogP contribution in [0.3, 0.4) is 0 Å². The van der Waals surface area contributed by atoms with E-state index in [2.05, 4.69) is 0 Å². The first-order valence-electron chi connectivity index (χ1n) is 9.04. The molecule has 2 rings (SSSR count). The van der Waals surface area contributed by atoms with Crippen LogP contribution in [0.1, 0.15) is 55.8 Å². The Morgan fingerprint density at radius 1 is 1.23 bits per heavy atom. The number of unbranched alkanes of at least 4 members (excludes halogenated alkanes) is 1. The van der Waals surface area contributed by atoms with E-state index in [4.69, 9.17) is 9.47 Å². The van der Waals surface area contributed by atoms with Crippen LogP contribution in [0.15, 0.2) is 18.2 Å². The topological polar surface area (TPSA) is 38.8 Å².